The van der Waals surface area contributed by atoms with Gasteiger partial charge in [-0.15, -0.1) is 0 Å². The van der Waals surface area contributed by atoms with Crippen LogP contribution >= 0.6 is 0 Å². The molecule has 0 saturated carbocycles. The van der Waals surface area contributed by atoms with Crippen molar-refractivity contribution in [3.63, 3.8) is 0 Å². The normalized spacial score (nSPS) is 12.1. The van der Waals surface area contributed by atoms with Gasteiger partial charge in [0.15, 0.2) is 0 Å². The molecule has 0 fully saturated rings. The molecule has 33 heavy (non-hydrogen) atoms. The van der Waals surface area contributed by atoms with Gasteiger partial charge >= 0.3 is 0 Å². The van der Waals surface area contributed by atoms with Gasteiger partial charge in [-0.05, 0) is 30.3 Å². The Kier molecular flexibility index (Phi) is 7.44. The summed E-state index contributed by atoms with van der Waals surface area (Å²) in [6.45, 7) is 0.842. The number of ether oxygens (including phenoxy) is 1. The molecule has 170 valence electrons. The summed E-state index contributed by atoms with van der Waals surface area (Å²) in [5.74, 6) is 0.296. The van der Waals surface area contributed by atoms with Crippen LogP contribution in [0.3, 0.4) is 0 Å². The average Bonchev–Trinajstić information content (AvgIpc) is 3.18. The number of amides is 1. The highest BCUT2D eigenvalue weighted by molar-refractivity contribution is 5.94. The zero-order valence-corrected chi connectivity index (χ0v) is 18.2. The summed E-state index contributed by atoms with van der Waals surface area (Å²) in [6.07, 6.45) is -0.289. The quantitative estimate of drug-likeness (QED) is 0.389. The number of carbonyl (C=O) groups is 1. The smallest absolute Gasteiger partial charge is 0.251 e. The minimum absolute atomic E-state index is 0.0605. The molecule has 1 atom stereocenters. The number of nitrogens with one attached hydrogen (secondary N) is 1. The molecule has 0 spiro atoms. The molecule has 0 bridgehead atoms. The number of aliphatic hydroxyl groups is 1. The van der Waals surface area contributed by atoms with Gasteiger partial charge in [-0.25, -0.2) is 9.37 Å². The van der Waals surface area contributed by atoms with E-state index in [1.165, 1.54) is 6.07 Å². The van der Waals surface area contributed by atoms with Gasteiger partial charge < -0.3 is 19.7 Å². The Morgan fingerprint density at radius 3 is 2.58 bits per heavy atom. The van der Waals surface area contributed by atoms with Crippen molar-refractivity contribution in [2.45, 2.75) is 25.7 Å². The van der Waals surface area contributed by atoms with Crippen LogP contribution in [0.1, 0.15) is 21.7 Å². The number of aliphatic hydroxyl groups excluding tert-OH is 1. The maximum Gasteiger partial charge on any atom is 0.251 e. The second kappa shape index (κ2) is 10.8. The van der Waals surface area contributed by atoms with Crippen molar-refractivity contribution in [1.82, 2.24) is 14.9 Å². The van der Waals surface area contributed by atoms with Gasteiger partial charge in [0.25, 0.3) is 5.91 Å². The predicted octanol–water partition coefficient (Wildman–Crippen LogP) is 3.73. The Morgan fingerprint density at radius 1 is 1.03 bits per heavy atom. The van der Waals surface area contributed by atoms with Crippen LogP contribution in [0, 0.1) is 5.82 Å². The number of halogens is 1. The zero-order chi connectivity index (χ0) is 23.0. The Balaban J connectivity index is 1.38. The Bertz CT molecular complexity index is 1210. The molecule has 1 aromatic heterocycles. The number of imidazole rings is 1. The van der Waals surface area contributed by atoms with Crippen LogP contribution in [0.4, 0.5) is 4.39 Å². The summed E-state index contributed by atoms with van der Waals surface area (Å²) < 4.78 is 21.2. The van der Waals surface area contributed by atoms with Gasteiger partial charge in [-0.2, -0.15) is 0 Å². The number of fused-ring (bicyclic) bond motifs is 1. The van der Waals surface area contributed by atoms with Crippen LogP contribution in [0.5, 0.6) is 0 Å². The molecule has 0 aliphatic heterocycles. The summed E-state index contributed by atoms with van der Waals surface area (Å²) in [7, 11) is 0. The molecule has 3 aromatic carbocycles. The third kappa shape index (κ3) is 5.83. The molecular formula is C26H26FN3O3. The van der Waals surface area contributed by atoms with Gasteiger partial charge in [-0.1, -0.05) is 48.5 Å². The lowest BCUT2D eigenvalue weighted by Crippen LogP contribution is -2.27. The molecule has 1 unspecified atom stereocenters. The van der Waals surface area contributed by atoms with E-state index in [0.717, 1.165) is 16.9 Å². The fourth-order valence-electron chi connectivity index (χ4n) is 3.68. The Morgan fingerprint density at radius 2 is 1.76 bits per heavy atom. The number of hydrogen-bond acceptors (Lipinski definition) is 4. The minimum atomic E-state index is -0.799. The number of aromatic nitrogens is 2. The lowest BCUT2D eigenvalue weighted by molar-refractivity contribution is 0.0196. The maximum absolute atomic E-state index is 13.7. The van der Waals surface area contributed by atoms with Crippen molar-refractivity contribution in [2.24, 2.45) is 0 Å². The summed E-state index contributed by atoms with van der Waals surface area (Å²) >= 11 is 0. The Hall–Kier alpha value is -3.55. The highest BCUT2D eigenvalue weighted by Gasteiger charge is 2.15. The van der Waals surface area contributed by atoms with Crippen LogP contribution in [-0.2, 0) is 24.3 Å². The van der Waals surface area contributed by atoms with Crippen LogP contribution < -0.4 is 5.32 Å². The van der Waals surface area contributed by atoms with Crippen molar-refractivity contribution in [3.05, 3.63) is 102 Å². The standard InChI is InChI=1S/C26H26FN3O3/c27-22-11-5-4-10-20(22)17-33-18-21(31)16-30-24-13-7-6-12-23(24)29-25(30)14-15-28-26(32)19-8-2-1-3-9-19/h1-13,21,31H,14-18H2,(H,28,32). The van der Waals surface area contributed by atoms with Crippen molar-refractivity contribution in [2.75, 3.05) is 13.2 Å². The molecule has 1 heterocycles. The van der Waals surface area contributed by atoms with E-state index >= 15 is 0 Å². The Labute approximate surface area is 191 Å². The van der Waals surface area contributed by atoms with Crippen molar-refractivity contribution >= 4 is 16.9 Å². The topological polar surface area (TPSA) is 76.4 Å². The van der Waals surface area contributed by atoms with E-state index < -0.39 is 6.10 Å². The highest BCUT2D eigenvalue weighted by atomic mass is 19.1. The highest BCUT2D eigenvalue weighted by Crippen LogP contribution is 2.17. The third-order valence-electron chi connectivity index (χ3n) is 5.32. The van der Waals surface area contributed by atoms with Gasteiger partial charge in [0.05, 0.1) is 36.9 Å². The number of para-hydroxylation sites is 2. The van der Waals surface area contributed by atoms with Gasteiger partial charge in [0, 0.05) is 24.1 Å². The molecule has 0 aliphatic carbocycles. The summed E-state index contributed by atoms with van der Waals surface area (Å²) in [5.41, 5.74) is 2.78. The van der Waals surface area contributed by atoms with Gasteiger partial charge in [0.2, 0.25) is 0 Å². The van der Waals surface area contributed by atoms with Crippen LogP contribution in [0.25, 0.3) is 11.0 Å². The predicted molar refractivity (Wildman–Crippen MR) is 124 cm³/mol. The maximum atomic E-state index is 13.7. The van der Waals surface area contributed by atoms with E-state index in [2.05, 4.69) is 10.3 Å². The zero-order valence-electron chi connectivity index (χ0n) is 18.2. The number of rotatable bonds is 10. The first-order chi connectivity index (χ1) is 16.1. The SMILES string of the molecule is O=C(NCCc1nc2ccccc2n1CC(O)COCc1ccccc1F)c1ccccc1. The molecule has 0 radical (unpaired) electrons. The number of hydrogen-bond donors (Lipinski definition) is 2. The third-order valence-corrected chi connectivity index (χ3v) is 5.32. The van der Waals surface area contributed by atoms with Crippen LogP contribution in [0.15, 0.2) is 78.9 Å². The van der Waals surface area contributed by atoms with E-state index in [-0.39, 0.29) is 31.5 Å². The van der Waals surface area contributed by atoms with Crippen molar-refractivity contribution in [1.29, 1.82) is 0 Å². The molecule has 1 amide bonds. The fourth-order valence-corrected chi connectivity index (χ4v) is 3.68. The molecule has 6 nitrogen and oxygen atoms in total. The monoisotopic (exact) mass is 447 g/mol. The lowest BCUT2D eigenvalue weighted by Gasteiger charge is -2.15. The van der Waals surface area contributed by atoms with E-state index in [1.807, 2.05) is 47.0 Å². The second-order valence-corrected chi connectivity index (χ2v) is 7.76. The first-order valence-electron chi connectivity index (χ1n) is 10.9. The molecule has 4 aromatic rings. The molecule has 0 saturated heterocycles. The van der Waals surface area contributed by atoms with Crippen molar-refractivity contribution in [3.8, 4) is 0 Å². The summed E-state index contributed by atoms with van der Waals surface area (Å²) in [6, 6.07) is 23.2. The van der Waals surface area contributed by atoms with Crippen LogP contribution in [-0.4, -0.2) is 39.8 Å². The van der Waals surface area contributed by atoms with E-state index in [4.69, 9.17) is 4.74 Å². The molecule has 2 N–H and O–H groups in total. The van der Waals surface area contributed by atoms with Crippen LogP contribution in [0.2, 0.25) is 0 Å². The van der Waals surface area contributed by atoms with E-state index in [0.29, 0.717) is 24.1 Å². The number of carbonyl (C=O) groups excluding carboxylic acids is 1. The molecule has 4 rings (SSSR count). The average molecular weight is 448 g/mol. The van der Waals surface area contributed by atoms with E-state index in [9.17, 15) is 14.3 Å². The largest absolute Gasteiger partial charge is 0.389 e. The summed E-state index contributed by atoms with van der Waals surface area (Å²) in [4.78, 5) is 17.0. The minimum Gasteiger partial charge on any atom is -0.389 e. The number of nitrogens with zero attached hydrogens (tertiary/aromatic N) is 2. The summed E-state index contributed by atoms with van der Waals surface area (Å²) in [5, 5.41) is 13.5. The van der Waals surface area contributed by atoms with Gasteiger partial charge in [0.1, 0.15) is 11.6 Å². The number of benzene rings is 3. The first-order valence-corrected chi connectivity index (χ1v) is 10.9. The molecule has 7 heteroatoms. The lowest BCUT2D eigenvalue weighted by atomic mass is 10.2. The fraction of sp³-hybridized carbons (Fsp3) is 0.231. The molecular weight excluding hydrogens is 421 g/mol. The van der Waals surface area contributed by atoms with Gasteiger partial charge in [-0.3, -0.25) is 4.79 Å². The van der Waals surface area contributed by atoms with Crippen molar-refractivity contribution < 1.29 is 19.0 Å². The second-order valence-electron chi connectivity index (χ2n) is 7.76. The molecule has 0 aliphatic rings. The first kappa shape index (κ1) is 22.6. The van der Waals surface area contributed by atoms with E-state index in [1.54, 1.807) is 30.3 Å².